The van der Waals surface area contributed by atoms with Gasteiger partial charge in [0.15, 0.2) is 10.9 Å². The fraction of sp³-hybridized carbons (Fsp3) is 0.250. The minimum absolute atomic E-state index is 0.168. The number of nitrogens with zero attached hydrogens (tertiary/aromatic N) is 3. The second-order valence-corrected chi connectivity index (χ2v) is 4.93. The molecule has 0 spiro atoms. The molecule has 0 saturated carbocycles. The summed E-state index contributed by atoms with van der Waals surface area (Å²) in [6, 6.07) is 2.93. The lowest BCUT2D eigenvalue weighted by Gasteiger charge is -2.08. The standard InChI is InChI=1S/C12H12FN3OS/c1-7-4-11(9(8(2)17)5-10(7)13)18-12-14-6-15-16(12)3/h4-6H,1-3H3. The minimum Gasteiger partial charge on any atom is -0.294 e. The van der Waals surface area contributed by atoms with E-state index in [1.807, 2.05) is 0 Å². The highest BCUT2D eigenvalue weighted by atomic mass is 32.2. The maximum atomic E-state index is 13.5. The van der Waals surface area contributed by atoms with Gasteiger partial charge in [0.1, 0.15) is 12.1 Å². The van der Waals surface area contributed by atoms with Gasteiger partial charge < -0.3 is 0 Å². The Balaban J connectivity index is 2.46. The molecule has 2 aromatic rings. The van der Waals surface area contributed by atoms with Gasteiger partial charge in [-0.3, -0.25) is 4.79 Å². The number of Topliss-reactive ketones (excluding diaryl/α,β-unsaturated/α-hetero) is 1. The largest absolute Gasteiger partial charge is 0.294 e. The summed E-state index contributed by atoms with van der Waals surface area (Å²) in [6.07, 6.45) is 1.44. The molecule has 0 N–H and O–H groups in total. The summed E-state index contributed by atoms with van der Waals surface area (Å²) in [5.41, 5.74) is 0.871. The fourth-order valence-electron chi connectivity index (χ4n) is 1.49. The topological polar surface area (TPSA) is 47.8 Å². The first-order chi connectivity index (χ1) is 8.49. The highest BCUT2D eigenvalue weighted by molar-refractivity contribution is 7.99. The van der Waals surface area contributed by atoms with Crippen LogP contribution in [0.15, 0.2) is 28.5 Å². The van der Waals surface area contributed by atoms with Crippen LogP contribution in [0.3, 0.4) is 0 Å². The van der Waals surface area contributed by atoms with E-state index in [-0.39, 0.29) is 11.6 Å². The predicted octanol–water partition coefficient (Wildman–Crippen LogP) is 2.62. The molecule has 0 radical (unpaired) electrons. The summed E-state index contributed by atoms with van der Waals surface area (Å²) >= 11 is 1.30. The molecule has 4 nitrogen and oxygen atoms in total. The van der Waals surface area contributed by atoms with E-state index >= 15 is 0 Å². The number of carbonyl (C=O) groups is 1. The molecule has 1 aromatic carbocycles. The molecule has 1 heterocycles. The predicted molar refractivity (Wildman–Crippen MR) is 66.3 cm³/mol. The molecule has 0 aliphatic heterocycles. The normalized spacial score (nSPS) is 10.7. The number of aryl methyl sites for hydroxylation is 2. The number of aromatic nitrogens is 3. The van der Waals surface area contributed by atoms with Crippen LogP contribution in [0.25, 0.3) is 0 Å². The lowest BCUT2D eigenvalue weighted by molar-refractivity contribution is 0.101. The van der Waals surface area contributed by atoms with Crippen molar-refractivity contribution in [1.82, 2.24) is 14.8 Å². The van der Waals surface area contributed by atoms with Gasteiger partial charge in [-0.2, -0.15) is 5.10 Å². The Morgan fingerprint density at radius 3 is 2.72 bits per heavy atom. The van der Waals surface area contributed by atoms with Crippen molar-refractivity contribution in [3.05, 3.63) is 35.4 Å². The maximum Gasteiger partial charge on any atom is 0.190 e. The van der Waals surface area contributed by atoms with Gasteiger partial charge in [-0.05, 0) is 43.3 Å². The summed E-state index contributed by atoms with van der Waals surface area (Å²) in [7, 11) is 1.76. The zero-order chi connectivity index (χ0) is 13.3. The Labute approximate surface area is 108 Å². The van der Waals surface area contributed by atoms with Crippen LogP contribution in [0.4, 0.5) is 4.39 Å². The van der Waals surface area contributed by atoms with Crippen molar-refractivity contribution < 1.29 is 9.18 Å². The average Bonchev–Trinajstić information content (AvgIpc) is 2.69. The van der Waals surface area contributed by atoms with Crippen molar-refractivity contribution in [2.75, 3.05) is 0 Å². The van der Waals surface area contributed by atoms with Crippen LogP contribution in [0, 0.1) is 12.7 Å². The Bertz CT molecular complexity index is 609. The molecular formula is C12H12FN3OS. The summed E-state index contributed by atoms with van der Waals surface area (Å²) in [5, 5.41) is 4.61. The van der Waals surface area contributed by atoms with Crippen LogP contribution in [0.2, 0.25) is 0 Å². The van der Waals surface area contributed by atoms with E-state index in [0.29, 0.717) is 21.2 Å². The van der Waals surface area contributed by atoms with Crippen molar-refractivity contribution in [3.63, 3.8) is 0 Å². The van der Waals surface area contributed by atoms with Gasteiger partial charge in [0.05, 0.1) is 0 Å². The van der Waals surface area contributed by atoms with Crippen molar-refractivity contribution in [3.8, 4) is 0 Å². The molecule has 94 valence electrons. The molecule has 0 atom stereocenters. The van der Waals surface area contributed by atoms with E-state index in [0.717, 1.165) is 0 Å². The van der Waals surface area contributed by atoms with Gasteiger partial charge in [0, 0.05) is 17.5 Å². The molecule has 0 fully saturated rings. The maximum absolute atomic E-state index is 13.5. The van der Waals surface area contributed by atoms with Gasteiger partial charge in [-0.25, -0.2) is 14.1 Å². The van der Waals surface area contributed by atoms with E-state index < -0.39 is 0 Å². The number of rotatable bonds is 3. The summed E-state index contributed by atoms with van der Waals surface area (Å²) < 4.78 is 15.1. The summed E-state index contributed by atoms with van der Waals surface area (Å²) in [5.74, 6) is -0.541. The molecule has 0 unspecified atom stereocenters. The lowest BCUT2D eigenvalue weighted by Crippen LogP contribution is -2.00. The molecule has 0 saturated heterocycles. The zero-order valence-corrected chi connectivity index (χ0v) is 11.1. The Hall–Kier alpha value is -1.69. The fourth-order valence-corrected chi connectivity index (χ4v) is 2.52. The Morgan fingerprint density at radius 1 is 1.44 bits per heavy atom. The molecular weight excluding hydrogens is 253 g/mol. The van der Waals surface area contributed by atoms with E-state index in [1.165, 1.54) is 31.1 Å². The smallest absolute Gasteiger partial charge is 0.190 e. The van der Waals surface area contributed by atoms with Crippen molar-refractivity contribution in [2.45, 2.75) is 23.9 Å². The van der Waals surface area contributed by atoms with Gasteiger partial charge in [-0.15, -0.1) is 0 Å². The SMILES string of the molecule is CC(=O)c1cc(F)c(C)cc1Sc1ncnn1C. The van der Waals surface area contributed by atoms with E-state index in [4.69, 9.17) is 0 Å². The van der Waals surface area contributed by atoms with E-state index in [9.17, 15) is 9.18 Å². The van der Waals surface area contributed by atoms with Gasteiger partial charge >= 0.3 is 0 Å². The first kappa shape index (κ1) is 12.8. The van der Waals surface area contributed by atoms with Crippen LogP contribution in [0.5, 0.6) is 0 Å². The van der Waals surface area contributed by atoms with E-state index in [2.05, 4.69) is 10.1 Å². The number of hydrogen-bond donors (Lipinski definition) is 0. The molecule has 2 rings (SSSR count). The molecule has 18 heavy (non-hydrogen) atoms. The first-order valence-electron chi connectivity index (χ1n) is 5.32. The quantitative estimate of drug-likeness (QED) is 0.800. The number of ketones is 1. The van der Waals surface area contributed by atoms with Crippen molar-refractivity contribution in [2.24, 2.45) is 7.05 Å². The third kappa shape index (κ3) is 2.43. The van der Waals surface area contributed by atoms with Crippen LogP contribution < -0.4 is 0 Å². The lowest BCUT2D eigenvalue weighted by atomic mass is 10.1. The molecule has 6 heteroatoms. The van der Waals surface area contributed by atoms with E-state index in [1.54, 1.807) is 24.7 Å². The van der Waals surface area contributed by atoms with Crippen LogP contribution in [-0.2, 0) is 7.05 Å². The number of hydrogen-bond acceptors (Lipinski definition) is 4. The van der Waals surface area contributed by atoms with Crippen LogP contribution in [-0.4, -0.2) is 20.5 Å². The van der Waals surface area contributed by atoms with Crippen molar-refractivity contribution in [1.29, 1.82) is 0 Å². The second-order valence-electron chi connectivity index (χ2n) is 3.92. The third-order valence-electron chi connectivity index (χ3n) is 2.51. The van der Waals surface area contributed by atoms with Gasteiger partial charge in [0.25, 0.3) is 0 Å². The van der Waals surface area contributed by atoms with Crippen LogP contribution in [0.1, 0.15) is 22.8 Å². The summed E-state index contributed by atoms with van der Waals surface area (Å²) in [6.45, 7) is 3.09. The van der Waals surface area contributed by atoms with Gasteiger partial charge in [0.2, 0.25) is 0 Å². The highest BCUT2D eigenvalue weighted by Crippen LogP contribution is 2.30. The molecule has 0 amide bonds. The highest BCUT2D eigenvalue weighted by Gasteiger charge is 2.14. The number of benzene rings is 1. The molecule has 0 bridgehead atoms. The Kier molecular flexibility index (Phi) is 3.47. The third-order valence-corrected chi connectivity index (χ3v) is 3.62. The molecule has 0 aliphatic rings. The number of halogens is 1. The van der Waals surface area contributed by atoms with Crippen molar-refractivity contribution >= 4 is 17.5 Å². The molecule has 0 aliphatic carbocycles. The zero-order valence-electron chi connectivity index (χ0n) is 10.3. The van der Waals surface area contributed by atoms with Gasteiger partial charge in [-0.1, -0.05) is 0 Å². The van der Waals surface area contributed by atoms with Crippen LogP contribution >= 0.6 is 11.8 Å². The average molecular weight is 265 g/mol. The minimum atomic E-state index is -0.373. The second kappa shape index (κ2) is 4.89. The first-order valence-corrected chi connectivity index (χ1v) is 6.13. The Morgan fingerprint density at radius 2 is 2.17 bits per heavy atom. The monoisotopic (exact) mass is 265 g/mol. The number of carbonyl (C=O) groups excluding carboxylic acids is 1. The summed E-state index contributed by atoms with van der Waals surface area (Å²) in [4.78, 5) is 16.3. The molecule has 1 aromatic heterocycles.